The number of aryl methyl sites for hydroxylation is 1. The van der Waals surface area contributed by atoms with Crippen LogP contribution in [0.1, 0.15) is 41.3 Å². The summed E-state index contributed by atoms with van der Waals surface area (Å²) in [6, 6.07) is 3.98. The monoisotopic (exact) mass is 297 g/mol. The molecule has 1 aliphatic rings. The van der Waals surface area contributed by atoms with Gasteiger partial charge in [0.2, 0.25) is 5.89 Å². The number of halogens is 3. The summed E-state index contributed by atoms with van der Waals surface area (Å²) in [6.07, 6.45) is -2.18. The van der Waals surface area contributed by atoms with E-state index in [9.17, 15) is 13.2 Å². The van der Waals surface area contributed by atoms with Gasteiger partial charge in [0.1, 0.15) is 0 Å². The van der Waals surface area contributed by atoms with Crippen LogP contribution in [0, 0.1) is 6.92 Å². The Hall–Kier alpha value is -2.05. The maximum Gasteiger partial charge on any atom is 0.416 e. The topological polar surface area (TPSA) is 51.0 Å². The second-order valence-corrected chi connectivity index (χ2v) is 5.21. The van der Waals surface area contributed by atoms with Crippen molar-refractivity contribution in [1.82, 2.24) is 10.2 Å². The van der Waals surface area contributed by atoms with E-state index in [0.717, 1.165) is 30.5 Å². The molecule has 4 nitrogen and oxygen atoms in total. The van der Waals surface area contributed by atoms with Gasteiger partial charge in [-0.15, -0.1) is 5.10 Å². The first-order chi connectivity index (χ1) is 9.93. The molecule has 0 atom stereocenters. The van der Waals surface area contributed by atoms with Gasteiger partial charge in [0.05, 0.1) is 5.56 Å². The smallest absolute Gasteiger partial charge is 0.408 e. The number of benzene rings is 1. The number of rotatable bonds is 4. The summed E-state index contributed by atoms with van der Waals surface area (Å²) in [7, 11) is 0. The summed E-state index contributed by atoms with van der Waals surface area (Å²) >= 11 is 0. The van der Waals surface area contributed by atoms with Gasteiger partial charge in [0.15, 0.2) is 0 Å². The zero-order valence-corrected chi connectivity index (χ0v) is 11.4. The molecule has 0 unspecified atom stereocenters. The van der Waals surface area contributed by atoms with Gasteiger partial charge in [-0.1, -0.05) is 11.2 Å². The molecule has 112 valence electrons. The average molecular weight is 297 g/mol. The van der Waals surface area contributed by atoms with E-state index in [1.807, 2.05) is 0 Å². The van der Waals surface area contributed by atoms with Gasteiger partial charge in [-0.05, 0) is 43.0 Å². The first-order valence-electron chi connectivity index (χ1n) is 6.67. The summed E-state index contributed by atoms with van der Waals surface area (Å²) in [5, 5.41) is 10.7. The Morgan fingerprint density at radius 3 is 2.67 bits per heavy atom. The van der Waals surface area contributed by atoms with Gasteiger partial charge in [-0.25, -0.2) is 0 Å². The van der Waals surface area contributed by atoms with Crippen molar-refractivity contribution >= 4 is 6.01 Å². The van der Waals surface area contributed by atoms with Crippen molar-refractivity contribution in [3.05, 3.63) is 40.8 Å². The van der Waals surface area contributed by atoms with Crippen LogP contribution in [-0.2, 0) is 12.7 Å². The van der Waals surface area contributed by atoms with Gasteiger partial charge < -0.3 is 9.73 Å². The van der Waals surface area contributed by atoms with Gasteiger partial charge >= 0.3 is 12.2 Å². The van der Waals surface area contributed by atoms with E-state index in [1.54, 1.807) is 6.92 Å². The molecule has 1 aliphatic carbocycles. The molecule has 0 radical (unpaired) electrons. The van der Waals surface area contributed by atoms with Gasteiger partial charge in [0, 0.05) is 12.5 Å². The molecule has 3 rings (SSSR count). The normalized spacial score (nSPS) is 15.2. The van der Waals surface area contributed by atoms with Crippen LogP contribution in [0.3, 0.4) is 0 Å². The predicted molar refractivity (Wildman–Crippen MR) is 69.8 cm³/mol. The molecular weight excluding hydrogens is 283 g/mol. The molecule has 1 heterocycles. The molecule has 1 saturated carbocycles. The number of hydrogen-bond donors (Lipinski definition) is 1. The number of anilines is 1. The molecule has 0 amide bonds. The third-order valence-corrected chi connectivity index (χ3v) is 3.47. The first kappa shape index (κ1) is 13.9. The molecule has 7 heteroatoms. The summed E-state index contributed by atoms with van der Waals surface area (Å²) in [6.45, 7) is 1.99. The second-order valence-electron chi connectivity index (χ2n) is 5.21. The molecule has 1 aromatic heterocycles. The Morgan fingerprint density at radius 2 is 2.05 bits per heavy atom. The first-order valence-corrected chi connectivity index (χ1v) is 6.67. The molecule has 0 spiro atoms. The lowest BCUT2D eigenvalue weighted by Gasteiger charge is -2.11. The van der Waals surface area contributed by atoms with Crippen molar-refractivity contribution in [2.75, 3.05) is 5.32 Å². The fourth-order valence-corrected chi connectivity index (χ4v) is 2.04. The Bertz CT molecular complexity index is 647. The number of alkyl halides is 3. The van der Waals surface area contributed by atoms with Crippen LogP contribution in [0.5, 0.6) is 0 Å². The lowest BCUT2D eigenvalue weighted by atomic mass is 10.0. The zero-order valence-electron chi connectivity index (χ0n) is 11.4. The number of nitrogens with one attached hydrogen (secondary N) is 1. The summed E-state index contributed by atoms with van der Waals surface area (Å²) in [4.78, 5) is 0. The van der Waals surface area contributed by atoms with Crippen LogP contribution in [0.25, 0.3) is 0 Å². The number of hydrogen-bond acceptors (Lipinski definition) is 4. The maximum atomic E-state index is 12.6. The molecule has 0 saturated heterocycles. The van der Waals surface area contributed by atoms with E-state index in [0.29, 0.717) is 29.9 Å². The van der Waals surface area contributed by atoms with Gasteiger partial charge in [0.25, 0.3) is 0 Å². The fraction of sp³-hybridized carbons (Fsp3) is 0.429. The third kappa shape index (κ3) is 3.17. The van der Waals surface area contributed by atoms with Crippen molar-refractivity contribution in [3.8, 4) is 0 Å². The zero-order chi connectivity index (χ0) is 15.0. The Morgan fingerprint density at radius 1 is 1.29 bits per heavy atom. The summed E-state index contributed by atoms with van der Waals surface area (Å²) in [5.74, 6) is 1.00. The second kappa shape index (κ2) is 5.05. The van der Waals surface area contributed by atoms with Gasteiger partial charge in [-0.3, -0.25) is 0 Å². The quantitative estimate of drug-likeness (QED) is 0.930. The van der Waals surface area contributed by atoms with Crippen molar-refractivity contribution in [2.24, 2.45) is 0 Å². The van der Waals surface area contributed by atoms with Crippen LogP contribution < -0.4 is 5.32 Å². The average Bonchev–Trinajstić information content (AvgIpc) is 3.16. The predicted octanol–water partition coefficient (Wildman–Crippen LogP) is 3.89. The molecule has 21 heavy (non-hydrogen) atoms. The van der Waals surface area contributed by atoms with Gasteiger partial charge in [-0.2, -0.15) is 13.2 Å². The summed E-state index contributed by atoms with van der Waals surface area (Å²) < 4.78 is 43.2. The van der Waals surface area contributed by atoms with Crippen molar-refractivity contribution in [2.45, 2.75) is 38.4 Å². The van der Waals surface area contributed by atoms with E-state index < -0.39 is 11.7 Å². The highest BCUT2D eigenvalue weighted by molar-refractivity contribution is 5.35. The molecule has 1 fully saturated rings. The minimum absolute atomic E-state index is 0.302. The molecule has 1 aromatic carbocycles. The van der Waals surface area contributed by atoms with E-state index in [1.165, 1.54) is 6.07 Å². The fourth-order valence-electron chi connectivity index (χ4n) is 2.04. The Labute approximate surface area is 119 Å². The number of aromatic nitrogens is 2. The molecular formula is C14H14F3N3O. The van der Waals surface area contributed by atoms with E-state index in [-0.39, 0.29) is 0 Å². The standard InChI is InChI=1S/C14H14F3N3O/c1-8-6-11(14(15,16)17)5-4-10(8)7-18-13-20-19-12(21-13)9-2-3-9/h4-6,9H,2-3,7H2,1H3,(H,18,20). The van der Waals surface area contributed by atoms with Crippen molar-refractivity contribution < 1.29 is 17.6 Å². The van der Waals surface area contributed by atoms with Crippen LogP contribution in [0.4, 0.5) is 19.2 Å². The number of nitrogens with zero attached hydrogens (tertiary/aromatic N) is 2. The highest BCUT2D eigenvalue weighted by atomic mass is 19.4. The van der Waals surface area contributed by atoms with E-state index in [2.05, 4.69) is 15.5 Å². The van der Waals surface area contributed by atoms with Crippen molar-refractivity contribution in [3.63, 3.8) is 0 Å². The third-order valence-electron chi connectivity index (χ3n) is 3.47. The van der Waals surface area contributed by atoms with Crippen molar-refractivity contribution in [1.29, 1.82) is 0 Å². The molecule has 1 N–H and O–H groups in total. The van der Waals surface area contributed by atoms with Crippen LogP contribution in [0.15, 0.2) is 22.6 Å². The highest BCUT2D eigenvalue weighted by Crippen LogP contribution is 2.39. The lowest BCUT2D eigenvalue weighted by Crippen LogP contribution is -2.07. The van der Waals surface area contributed by atoms with Crippen LogP contribution in [0.2, 0.25) is 0 Å². The molecule has 0 bridgehead atoms. The van der Waals surface area contributed by atoms with E-state index >= 15 is 0 Å². The molecule has 2 aromatic rings. The largest absolute Gasteiger partial charge is 0.416 e. The summed E-state index contributed by atoms with van der Waals surface area (Å²) in [5.41, 5.74) is 0.686. The highest BCUT2D eigenvalue weighted by Gasteiger charge is 2.31. The minimum Gasteiger partial charge on any atom is -0.408 e. The Kier molecular flexibility index (Phi) is 3.35. The van der Waals surface area contributed by atoms with Crippen LogP contribution in [-0.4, -0.2) is 10.2 Å². The Balaban J connectivity index is 1.66. The maximum absolute atomic E-state index is 12.6. The lowest BCUT2D eigenvalue weighted by molar-refractivity contribution is -0.137. The SMILES string of the molecule is Cc1cc(C(F)(F)F)ccc1CNc1nnc(C2CC2)o1. The minimum atomic E-state index is -4.32. The molecule has 0 aliphatic heterocycles. The van der Waals surface area contributed by atoms with Crippen LogP contribution >= 0.6 is 0 Å². The van der Waals surface area contributed by atoms with E-state index in [4.69, 9.17) is 4.42 Å².